The van der Waals surface area contributed by atoms with Gasteiger partial charge in [-0.2, -0.15) is 4.98 Å². The van der Waals surface area contributed by atoms with Crippen molar-refractivity contribution < 1.29 is 14.2 Å². The van der Waals surface area contributed by atoms with Gasteiger partial charge >= 0.3 is 0 Å². The van der Waals surface area contributed by atoms with Crippen molar-refractivity contribution in [3.05, 3.63) is 59.5 Å². The van der Waals surface area contributed by atoms with Crippen LogP contribution in [-0.4, -0.2) is 34.0 Å². The number of phenolic OH excluding ortho intramolecular Hbond substituents is 1. The molecule has 0 fully saturated rings. The van der Waals surface area contributed by atoms with Crippen LogP contribution in [0.15, 0.2) is 47.6 Å². The van der Waals surface area contributed by atoms with Crippen LogP contribution in [0.5, 0.6) is 11.5 Å². The Morgan fingerprint density at radius 1 is 1.17 bits per heavy atom. The lowest BCUT2D eigenvalue weighted by Gasteiger charge is -2.28. The van der Waals surface area contributed by atoms with Crippen molar-refractivity contribution in [1.29, 1.82) is 0 Å². The molecule has 0 saturated heterocycles. The highest BCUT2D eigenvalue weighted by molar-refractivity contribution is 6.02. The number of nitrogens with zero attached hydrogens (tertiary/aromatic N) is 3. The number of nitrogens with one attached hydrogen (secondary N) is 3. The summed E-state index contributed by atoms with van der Waals surface area (Å²) in [7, 11) is 0. The molecule has 8 nitrogen and oxygen atoms in total. The van der Waals surface area contributed by atoms with Gasteiger partial charge in [0.15, 0.2) is 17.4 Å². The number of aromatic hydroxyl groups is 1. The van der Waals surface area contributed by atoms with E-state index in [0.29, 0.717) is 18.0 Å². The monoisotopic (exact) mass is 406 g/mol. The molecule has 2 aliphatic rings. The van der Waals surface area contributed by atoms with Gasteiger partial charge in [-0.3, -0.25) is 4.99 Å². The number of amidine groups is 1. The lowest BCUT2D eigenvalue weighted by Crippen LogP contribution is -2.32. The average Bonchev–Trinajstić information content (AvgIpc) is 2.72. The van der Waals surface area contributed by atoms with Crippen molar-refractivity contribution in [2.75, 3.05) is 23.7 Å². The molecular weight excluding hydrogens is 387 g/mol. The number of phenols is 1. The molecule has 0 amide bonds. The summed E-state index contributed by atoms with van der Waals surface area (Å²) < 4.78 is 19.8. The first-order valence-electron chi connectivity index (χ1n) is 9.60. The SMILES string of the molecule is Oc1cccc(Nc2nc(Nc3ccc(C4=NCCCN4)c4c3OC4)ncc2F)c1. The zero-order valence-electron chi connectivity index (χ0n) is 15.9. The normalized spacial score (nSPS) is 14.5. The van der Waals surface area contributed by atoms with Crippen molar-refractivity contribution >= 4 is 29.0 Å². The zero-order chi connectivity index (χ0) is 20.5. The predicted octanol–water partition coefficient (Wildman–Crippen LogP) is 3.44. The number of halogens is 1. The van der Waals surface area contributed by atoms with Crippen LogP contribution >= 0.6 is 0 Å². The summed E-state index contributed by atoms with van der Waals surface area (Å²) in [4.78, 5) is 12.8. The van der Waals surface area contributed by atoms with Crippen molar-refractivity contribution in [2.24, 2.45) is 4.99 Å². The largest absolute Gasteiger partial charge is 0.508 e. The Morgan fingerprint density at radius 2 is 2.10 bits per heavy atom. The molecule has 152 valence electrons. The minimum atomic E-state index is -0.607. The number of benzene rings is 2. The van der Waals surface area contributed by atoms with Crippen molar-refractivity contribution in [3.8, 4) is 11.5 Å². The Labute approximate surface area is 171 Å². The summed E-state index contributed by atoms with van der Waals surface area (Å²) in [6.07, 6.45) is 2.12. The van der Waals surface area contributed by atoms with Gasteiger partial charge < -0.3 is 25.8 Å². The molecule has 3 heterocycles. The number of fused-ring (bicyclic) bond motifs is 1. The van der Waals surface area contributed by atoms with Gasteiger partial charge in [0.1, 0.15) is 18.2 Å². The highest BCUT2D eigenvalue weighted by Crippen LogP contribution is 2.40. The van der Waals surface area contributed by atoms with E-state index in [1.54, 1.807) is 12.1 Å². The molecule has 0 saturated carbocycles. The number of hydrogen-bond donors (Lipinski definition) is 4. The van der Waals surface area contributed by atoms with E-state index in [0.717, 1.165) is 48.4 Å². The van der Waals surface area contributed by atoms with E-state index >= 15 is 0 Å². The molecule has 0 bridgehead atoms. The van der Waals surface area contributed by atoms with Crippen LogP contribution in [0, 0.1) is 5.82 Å². The van der Waals surface area contributed by atoms with Crippen molar-refractivity contribution in [3.63, 3.8) is 0 Å². The van der Waals surface area contributed by atoms with Crippen LogP contribution in [0.4, 0.5) is 27.5 Å². The molecule has 2 aromatic carbocycles. The highest BCUT2D eigenvalue weighted by atomic mass is 19.1. The number of aromatic nitrogens is 2. The molecule has 9 heteroatoms. The Morgan fingerprint density at radius 3 is 2.87 bits per heavy atom. The van der Waals surface area contributed by atoms with E-state index in [4.69, 9.17) is 4.74 Å². The van der Waals surface area contributed by atoms with Crippen LogP contribution in [0.2, 0.25) is 0 Å². The molecular formula is C21H19FN6O2. The maximum atomic E-state index is 14.2. The molecule has 5 rings (SSSR count). The smallest absolute Gasteiger partial charge is 0.229 e. The van der Waals surface area contributed by atoms with E-state index in [1.807, 2.05) is 12.1 Å². The van der Waals surface area contributed by atoms with Gasteiger partial charge in [-0.15, -0.1) is 0 Å². The fourth-order valence-corrected chi connectivity index (χ4v) is 3.39. The van der Waals surface area contributed by atoms with Gasteiger partial charge in [-0.05, 0) is 30.7 Å². The van der Waals surface area contributed by atoms with Gasteiger partial charge in [0.2, 0.25) is 5.95 Å². The molecule has 0 spiro atoms. The number of aliphatic imine (C=N–C) groups is 1. The number of anilines is 4. The lowest BCUT2D eigenvalue weighted by molar-refractivity contribution is 0.245. The molecule has 3 aromatic rings. The number of hydrogen-bond acceptors (Lipinski definition) is 8. The summed E-state index contributed by atoms with van der Waals surface area (Å²) in [5.41, 5.74) is 3.31. The molecule has 0 unspecified atom stereocenters. The van der Waals surface area contributed by atoms with Crippen LogP contribution < -0.4 is 20.7 Å². The molecule has 0 aliphatic carbocycles. The van der Waals surface area contributed by atoms with Crippen LogP contribution in [0.25, 0.3) is 0 Å². The summed E-state index contributed by atoms with van der Waals surface area (Å²) in [5, 5.41) is 18.9. The summed E-state index contributed by atoms with van der Waals surface area (Å²) >= 11 is 0. The third-order valence-electron chi connectivity index (χ3n) is 4.87. The van der Waals surface area contributed by atoms with Crippen LogP contribution in [0.1, 0.15) is 17.5 Å². The first-order valence-corrected chi connectivity index (χ1v) is 9.60. The summed E-state index contributed by atoms with van der Waals surface area (Å²) in [5.74, 6) is 1.29. The molecule has 0 atom stereocenters. The van der Waals surface area contributed by atoms with Crippen molar-refractivity contribution in [2.45, 2.75) is 13.0 Å². The Hall–Kier alpha value is -3.88. The van der Waals surface area contributed by atoms with E-state index in [9.17, 15) is 9.50 Å². The van der Waals surface area contributed by atoms with Gasteiger partial charge in [0.25, 0.3) is 0 Å². The number of rotatable bonds is 5. The third kappa shape index (κ3) is 3.45. The topological polar surface area (TPSA) is 104 Å². The van der Waals surface area contributed by atoms with Gasteiger partial charge in [-0.25, -0.2) is 9.37 Å². The summed E-state index contributed by atoms with van der Waals surface area (Å²) in [6, 6.07) is 10.2. The van der Waals surface area contributed by atoms with Gasteiger partial charge in [-0.1, -0.05) is 6.07 Å². The van der Waals surface area contributed by atoms with Crippen LogP contribution in [0.3, 0.4) is 0 Å². The Bertz CT molecular complexity index is 1150. The lowest BCUT2D eigenvalue weighted by atomic mass is 10.0. The number of ether oxygens (including phenoxy) is 1. The minimum absolute atomic E-state index is 0.00441. The van der Waals surface area contributed by atoms with Gasteiger partial charge in [0.05, 0.1) is 11.9 Å². The van der Waals surface area contributed by atoms with E-state index in [1.165, 1.54) is 12.1 Å². The summed E-state index contributed by atoms with van der Waals surface area (Å²) in [6.45, 7) is 2.23. The third-order valence-corrected chi connectivity index (χ3v) is 4.87. The second-order valence-electron chi connectivity index (χ2n) is 6.96. The minimum Gasteiger partial charge on any atom is -0.508 e. The average molecular weight is 406 g/mol. The standard InChI is InChI=1S/C21H19FN6O2/c22-16-10-25-21(28-20(16)26-12-3-1-4-13(29)9-12)27-17-6-5-14(15-11-30-18(15)17)19-23-7-2-8-24-19/h1,3-6,9-10,29H,2,7-8,11H2,(H,23,24)(H2,25,26,27,28). The van der Waals surface area contributed by atoms with Gasteiger partial charge in [0, 0.05) is 36.0 Å². The second kappa shape index (κ2) is 7.51. The second-order valence-corrected chi connectivity index (χ2v) is 6.96. The molecule has 1 aromatic heterocycles. The van der Waals surface area contributed by atoms with E-state index < -0.39 is 5.82 Å². The van der Waals surface area contributed by atoms with E-state index in [-0.39, 0.29) is 17.5 Å². The molecule has 30 heavy (non-hydrogen) atoms. The maximum Gasteiger partial charge on any atom is 0.229 e. The Kier molecular flexibility index (Phi) is 4.55. The fraction of sp³-hybridized carbons (Fsp3) is 0.190. The Balaban J connectivity index is 1.40. The quantitative estimate of drug-likeness (QED) is 0.515. The molecule has 0 radical (unpaired) electrons. The first-order chi connectivity index (χ1) is 14.7. The molecule has 4 N–H and O–H groups in total. The highest BCUT2D eigenvalue weighted by Gasteiger charge is 2.26. The fourth-order valence-electron chi connectivity index (χ4n) is 3.39. The zero-order valence-corrected chi connectivity index (χ0v) is 15.9. The van der Waals surface area contributed by atoms with Crippen LogP contribution in [-0.2, 0) is 6.61 Å². The maximum absolute atomic E-state index is 14.2. The van der Waals surface area contributed by atoms with E-state index in [2.05, 4.69) is 30.9 Å². The molecule has 2 aliphatic heterocycles. The van der Waals surface area contributed by atoms with Crippen molar-refractivity contribution in [1.82, 2.24) is 15.3 Å². The predicted molar refractivity (Wildman–Crippen MR) is 111 cm³/mol. The first kappa shape index (κ1) is 18.2.